The minimum Gasteiger partial charge on any atom is -0.379 e. The molecule has 0 unspecified atom stereocenters. The Morgan fingerprint density at radius 2 is 2.28 bits per heavy atom. The molecule has 1 N–H and O–H groups in total. The molecular formula is C13H16ClNO2S. The number of hydrogen-bond donors (Lipinski definition) is 2. The molecule has 18 heavy (non-hydrogen) atoms. The lowest BCUT2D eigenvalue weighted by atomic mass is 10.2. The largest absolute Gasteiger partial charge is 0.379 e. The molecule has 0 aliphatic rings. The Bertz CT molecular complexity index is 423. The summed E-state index contributed by atoms with van der Waals surface area (Å²) in [5, 5.41) is 3.15. The monoisotopic (exact) mass is 285 g/mol. The molecule has 3 nitrogen and oxygen atoms in total. The molecule has 0 heterocycles. The van der Waals surface area contributed by atoms with Crippen molar-refractivity contribution in [3.05, 3.63) is 41.4 Å². The fraction of sp³-hybridized carbons (Fsp3) is 0.308. The Morgan fingerprint density at radius 3 is 3.00 bits per heavy atom. The van der Waals surface area contributed by atoms with Crippen LogP contribution in [0.25, 0.3) is 0 Å². The lowest BCUT2D eigenvalue weighted by Gasteiger charge is -2.07. The third-order valence-electron chi connectivity index (χ3n) is 2.19. The van der Waals surface area contributed by atoms with E-state index < -0.39 is 0 Å². The first-order valence-corrected chi connectivity index (χ1v) is 6.43. The van der Waals surface area contributed by atoms with Gasteiger partial charge in [-0.3, -0.25) is 4.79 Å². The van der Waals surface area contributed by atoms with Crippen LogP contribution in [0, 0.1) is 0 Å². The van der Waals surface area contributed by atoms with Gasteiger partial charge < -0.3 is 10.1 Å². The van der Waals surface area contributed by atoms with E-state index in [0.717, 1.165) is 6.42 Å². The van der Waals surface area contributed by atoms with E-state index in [1.807, 2.05) is 0 Å². The lowest BCUT2D eigenvalue weighted by molar-refractivity contribution is 0.0918. The van der Waals surface area contributed by atoms with E-state index in [9.17, 15) is 4.79 Å². The third kappa shape index (κ3) is 5.12. The summed E-state index contributed by atoms with van der Waals surface area (Å²) < 4.78 is 5.28. The molecule has 1 aromatic carbocycles. The first-order chi connectivity index (χ1) is 8.65. The Hall–Kier alpha value is -0.970. The summed E-state index contributed by atoms with van der Waals surface area (Å²) in [6.07, 6.45) is 2.60. The SMILES string of the molecule is C=CCCOCCNC(=O)c1cc(S)ccc1Cl. The van der Waals surface area contributed by atoms with E-state index in [-0.39, 0.29) is 5.91 Å². The molecular weight excluding hydrogens is 270 g/mol. The second-order valence-corrected chi connectivity index (χ2v) is 4.53. The zero-order valence-corrected chi connectivity index (χ0v) is 11.6. The highest BCUT2D eigenvalue weighted by Crippen LogP contribution is 2.19. The molecule has 0 fully saturated rings. The van der Waals surface area contributed by atoms with Crippen LogP contribution in [-0.2, 0) is 4.74 Å². The van der Waals surface area contributed by atoms with Crippen molar-refractivity contribution in [1.29, 1.82) is 0 Å². The van der Waals surface area contributed by atoms with Crippen LogP contribution in [0.4, 0.5) is 0 Å². The van der Waals surface area contributed by atoms with Gasteiger partial charge >= 0.3 is 0 Å². The Balaban J connectivity index is 2.36. The van der Waals surface area contributed by atoms with Crippen molar-refractivity contribution in [2.45, 2.75) is 11.3 Å². The molecule has 0 aliphatic carbocycles. The maximum absolute atomic E-state index is 11.8. The van der Waals surface area contributed by atoms with Gasteiger partial charge in [-0.25, -0.2) is 0 Å². The standard InChI is InChI=1S/C13H16ClNO2S/c1-2-3-7-17-8-6-15-13(16)11-9-10(18)4-5-12(11)14/h2,4-5,9,18H,1,3,6-8H2,(H,15,16). The van der Waals surface area contributed by atoms with Crippen LogP contribution in [-0.4, -0.2) is 25.7 Å². The average Bonchev–Trinajstić information content (AvgIpc) is 2.36. The molecule has 0 bridgehead atoms. The molecule has 98 valence electrons. The van der Waals surface area contributed by atoms with Gasteiger partial charge in [0.2, 0.25) is 0 Å². The third-order valence-corrected chi connectivity index (χ3v) is 2.80. The summed E-state index contributed by atoms with van der Waals surface area (Å²) in [6, 6.07) is 5.03. The molecule has 1 amide bonds. The number of ether oxygens (including phenoxy) is 1. The highest BCUT2D eigenvalue weighted by Gasteiger charge is 2.09. The number of thiol groups is 1. The highest BCUT2D eigenvalue weighted by molar-refractivity contribution is 7.80. The van der Waals surface area contributed by atoms with E-state index in [1.54, 1.807) is 24.3 Å². The maximum atomic E-state index is 11.8. The van der Waals surface area contributed by atoms with Crippen molar-refractivity contribution in [2.24, 2.45) is 0 Å². The predicted octanol–water partition coefficient (Wildman–Crippen LogP) is 2.95. The number of hydrogen-bond acceptors (Lipinski definition) is 3. The van der Waals surface area contributed by atoms with Crippen LogP contribution < -0.4 is 5.32 Å². The quantitative estimate of drug-likeness (QED) is 0.459. The fourth-order valence-electron chi connectivity index (χ4n) is 1.29. The lowest BCUT2D eigenvalue weighted by Crippen LogP contribution is -2.27. The number of nitrogens with one attached hydrogen (secondary N) is 1. The first-order valence-electron chi connectivity index (χ1n) is 5.60. The Morgan fingerprint density at radius 1 is 1.50 bits per heavy atom. The van der Waals surface area contributed by atoms with E-state index in [0.29, 0.717) is 35.2 Å². The molecule has 0 spiro atoms. The van der Waals surface area contributed by atoms with E-state index in [2.05, 4.69) is 24.5 Å². The van der Waals surface area contributed by atoms with Gasteiger partial charge in [-0.15, -0.1) is 19.2 Å². The molecule has 0 aliphatic heterocycles. The summed E-state index contributed by atoms with van der Waals surface area (Å²) in [4.78, 5) is 12.5. The van der Waals surface area contributed by atoms with Crippen LogP contribution in [0.5, 0.6) is 0 Å². The second kappa shape index (κ2) is 8.19. The van der Waals surface area contributed by atoms with Gasteiger partial charge in [0.15, 0.2) is 0 Å². The zero-order valence-electron chi connectivity index (χ0n) is 9.99. The van der Waals surface area contributed by atoms with Gasteiger partial charge in [0.05, 0.1) is 23.8 Å². The molecule has 0 saturated heterocycles. The summed E-state index contributed by atoms with van der Waals surface area (Å²) in [6.45, 7) is 5.13. The number of carbonyl (C=O) groups is 1. The molecule has 0 saturated carbocycles. The molecule has 1 rings (SSSR count). The van der Waals surface area contributed by atoms with Gasteiger partial charge in [0.1, 0.15) is 0 Å². The molecule has 1 aromatic rings. The van der Waals surface area contributed by atoms with E-state index in [4.69, 9.17) is 16.3 Å². The van der Waals surface area contributed by atoms with Crippen molar-refractivity contribution in [2.75, 3.05) is 19.8 Å². The zero-order chi connectivity index (χ0) is 13.4. The molecule has 0 aromatic heterocycles. The normalized spacial score (nSPS) is 10.1. The molecule has 0 radical (unpaired) electrons. The number of benzene rings is 1. The molecule has 5 heteroatoms. The number of carbonyl (C=O) groups excluding carboxylic acids is 1. The van der Waals surface area contributed by atoms with Crippen molar-refractivity contribution in [3.63, 3.8) is 0 Å². The Kier molecular flexibility index (Phi) is 6.86. The van der Waals surface area contributed by atoms with Gasteiger partial charge in [0, 0.05) is 11.4 Å². The van der Waals surface area contributed by atoms with Crippen molar-refractivity contribution < 1.29 is 9.53 Å². The van der Waals surface area contributed by atoms with Gasteiger partial charge in [-0.1, -0.05) is 17.7 Å². The summed E-state index contributed by atoms with van der Waals surface area (Å²) in [5.74, 6) is -0.219. The summed E-state index contributed by atoms with van der Waals surface area (Å²) >= 11 is 10.1. The maximum Gasteiger partial charge on any atom is 0.252 e. The minimum absolute atomic E-state index is 0.219. The van der Waals surface area contributed by atoms with E-state index >= 15 is 0 Å². The van der Waals surface area contributed by atoms with E-state index in [1.165, 1.54) is 0 Å². The number of amides is 1. The Labute approximate surface area is 118 Å². The van der Waals surface area contributed by atoms with Crippen LogP contribution in [0.1, 0.15) is 16.8 Å². The van der Waals surface area contributed by atoms with Crippen LogP contribution in [0.15, 0.2) is 35.7 Å². The topological polar surface area (TPSA) is 38.3 Å². The highest BCUT2D eigenvalue weighted by atomic mass is 35.5. The van der Waals surface area contributed by atoms with Gasteiger partial charge in [-0.05, 0) is 24.6 Å². The second-order valence-electron chi connectivity index (χ2n) is 3.61. The minimum atomic E-state index is -0.219. The number of rotatable bonds is 7. The summed E-state index contributed by atoms with van der Waals surface area (Å²) in [5.41, 5.74) is 0.426. The smallest absolute Gasteiger partial charge is 0.252 e. The van der Waals surface area contributed by atoms with Gasteiger partial charge in [0.25, 0.3) is 5.91 Å². The summed E-state index contributed by atoms with van der Waals surface area (Å²) in [7, 11) is 0. The van der Waals surface area contributed by atoms with Crippen LogP contribution in [0.2, 0.25) is 5.02 Å². The van der Waals surface area contributed by atoms with Gasteiger partial charge in [-0.2, -0.15) is 0 Å². The van der Waals surface area contributed by atoms with Crippen LogP contribution in [0.3, 0.4) is 0 Å². The average molecular weight is 286 g/mol. The number of halogens is 1. The van der Waals surface area contributed by atoms with Crippen LogP contribution >= 0.6 is 24.2 Å². The van der Waals surface area contributed by atoms with Crippen molar-refractivity contribution in [1.82, 2.24) is 5.32 Å². The fourth-order valence-corrected chi connectivity index (χ4v) is 1.69. The van der Waals surface area contributed by atoms with Crippen molar-refractivity contribution >= 4 is 30.1 Å². The predicted molar refractivity (Wildman–Crippen MR) is 76.7 cm³/mol. The van der Waals surface area contributed by atoms with Crippen molar-refractivity contribution in [3.8, 4) is 0 Å². The first kappa shape index (κ1) is 15.1. The molecule has 0 atom stereocenters.